The minimum atomic E-state index is -0.411. The van der Waals surface area contributed by atoms with E-state index < -0.39 is 6.09 Å². The SMILES string of the molecule is CN(C(=O)OCc1ccccc1)c1cccc(-c2ccc(C#N)cc2)c1. The molecule has 0 spiro atoms. The van der Waals surface area contributed by atoms with Crippen LogP contribution in [-0.4, -0.2) is 13.1 Å². The fourth-order valence-corrected chi connectivity index (χ4v) is 2.55. The van der Waals surface area contributed by atoms with Crippen LogP contribution in [0.25, 0.3) is 11.1 Å². The maximum atomic E-state index is 12.3. The molecule has 0 aliphatic rings. The van der Waals surface area contributed by atoms with Crippen molar-refractivity contribution in [3.8, 4) is 17.2 Å². The van der Waals surface area contributed by atoms with Crippen LogP contribution in [0.2, 0.25) is 0 Å². The molecule has 3 rings (SSSR count). The largest absolute Gasteiger partial charge is 0.444 e. The molecule has 0 bridgehead atoms. The van der Waals surface area contributed by atoms with E-state index in [4.69, 9.17) is 10.00 Å². The lowest BCUT2D eigenvalue weighted by molar-refractivity contribution is 0.148. The Morgan fingerprint density at radius 3 is 2.38 bits per heavy atom. The number of rotatable bonds is 4. The second kappa shape index (κ2) is 8.00. The molecule has 0 saturated heterocycles. The molecule has 3 aromatic rings. The maximum Gasteiger partial charge on any atom is 0.414 e. The van der Waals surface area contributed by atoms with E-state index in [-0.39, 0.29) is 6.61 Å². The third kappa shape index (κ3) is 4.08. The summed E-state index contributed by atoms with van der Waals surface area (Å²) in [5, 5.41) is 8.90. The number of carbonyl (C=O) groups is 1. The maximum absolute atomic E-state index is 12.3. The molecular formula is C22H18N2O2. The molecule has 0 saturated carbocycles. The van der Waals surface area contributed by atoms with Gasteiger partial charge in [0.2, 0.25) is 0 Å². The van der Waals surface area contributed by atoms with Gasteiger partial charge in [0, 0.05) is 12.7 Å². The Morgan fingerprint density at radius 1 is 0.962 bits per heavy atom. The number of anilines is 1. The third-order valence-electron chi connectivity index (χ3n) is 4.06. The number of hydrogen-bond acceptors (Lipinski definition) is 3. The molecule has 1 amide bonds. The molecule has 0 radical (unpaired) electrons. The van der Waals surface area contributed by atoms with Gasteiger partial charge < -0.3 is 4.74 Å². The molecule has 4 heteroatoms. The van der Waals surface area contributed by atoms with Gasteiger partial charge in [0.1, 0.15) is 6.61 Å². The normalized spacial score (nSPS) is 10.0. The molecule has 4 nitrogen and oxygen atoms in total. The fraction of sp³-hybridized carbons (Fsp3) is 0.0909. The first kappa shape index (κ1) is 17.2. The summed E-state index contributed by atoms with van der Waals surface area (Å²) in [4.78, 5) is 13.8. The second-order valence-electron chi connectivity index (χ2n) is 5.84. The second-order valence-corrected chi connectivity index (χ2v) is 5.84. The van der Waals surface area contributed by atoms with Crippen LogP contribution in [0.5, 0.6) is 0 Å². The quantitative estimate of drug-likeness (QED) is 0.670. The summed E-state index contributed by atoms with van der Waals surface area (Å²) in [6, 6.07) is 26.7. The van der Waals surface area contributed by atoms with E-state index in [2.05, 4.69) is 6.07 Å². The molecule has 0 fully saturated rings. The molecule has 0 aliphatic heterocycles. The number of nitriles is 1. The van der Waals surface area contributed by atoms with Crippen LogP contribution in [0.15, 0.2) is 78.9 Å². The van der Waals surface area contributed by atoms with Gasteiger partial charge in [-0.15, -0.1) is 0 Å². The van der Waals surface area contributed by atoms with Crippen LogP contribution >= 0.6 is 0 Å². The summed E-state index contributed by atoms with van der Waals surface area (Å²) in [7, 11) is 1.69. The average Bonchev–Trinajstić information content (AvgIpc) is 2.72. The summed E-state index contributed by atoms with van der Waals surface area (Å²) in [6.45, 7) is 0.235. The molecule has 26 heavy (non-hydrogen) atoms. The van der Waals surface area contributed by atoms with E-state index >= 15 is 0 Å². The number of ether oxygens (including phenoxy) is 1. The highest BCUT2D eigenvalue weighted by atomic mass is 16.6. The first-order chi connectivity index (χ1) is 12.7. The van der Waals surface area contributed by atoms with Gasteiger partial charge in [-0.05, 0) is 41.0 Å². The van der Waals surface area contributed by atoms with Gasteiger partial charge in [-0.3, -0.25) is 4.90 Å². The van der Waals surface area contributed by atoms with E-state index in [1.165, 1.54) is 4.90 Å². The van der Waals surface area contributed by atoms with Crippen molar-refractivity contribution >= 4 is 11.8 Å². The van der Waals surface area contributed by atoms with Crippen molar-refractivity contribution < 1.29 is 9.53 Å². The van der Waals surface area contributed by atoms with Gasteiger partial charge in [0.15, 0.2) is 0 Å². The smallest absolute Gasteiger partial charge is 0.414 e. The Hall–Kier alpha value is -3.58. The van der Waals surface area contributed by atoms with Gasteiger partial charge in [-0.25, -0.2) is 4.79 Å². The van der Waals surface area contributed by atoms with E-state index in [1.807, 2.05) is 66.7 Å². The van der Waals surface area contributed by atoms with E-state index in [9.17, 15) is 4.79 Å². The average molecular weight is 342 g/mol. The minimum Gasteiger partial charge on any atom is -0.444 e. The predicted octanol–water partition coefficient (Wildman–Crippen LogP) is 5.00. The van der Waals surface area contributed by atoms with Crippen molar-refractivity contribution in [2.75, 3.05) is 11.9 Å². The summed E-state index contributed by atoms with van der Waals surface area (Å²) in [6.07, 6.45) is -0.411. The molecule has 128 valence electrons. The summed E-state index contributed by atoms with van der Waals surface area (Å²) in [5.41, 5.74) is 4.25. The lowest BCUT2D eigenvalue weighted by Gasteiger charge is -2.18. The Labute approximate surface area is 152 Å². The molecule has 0 N–H and O–H groups in total. The van der Waals surface area contributed by atoms with Gasteiger partial charge in [0.25, 0.3) is 0 Å². The first-order valence-electron chi connectivity index (χ1n) is 8.22. The molecule has 3 aromatic carbocycles. The highest BCUT2D eigenvalue weighted by Gasteiger charge is 2.13. The number of benzene rings is 3. The highest BCUT2D eigenvalue weighted by Crippen LogP contribution is 2.25. The zero-order valence-corrected chi connectivity index (χ0v) is 14.4. The van der Waals surface area contributed by atoms with Crippen molar-refractivity contribution in [3.05, 3.63) is 90.0 Å². The Bertz CT molecular complexity index is 928. The van der Waals surface area contributed by atoms with Crippen molar-refractivity contribution in [1.82, 2.24) is 0 Å². The Balaban J connectivity index is 1.72. The Kier molecular flexibility index (Phi) is 5.31. The molecular weight excluding hydrogens is 324 g/mol. The zero-order chi connectivity index (χ0) is 18.4. The van der Waals surface area contributed by atoms with Gasteiger partial charge in [-0.2, -0.15) is 5.26 Å². The summed E-state index contributed by atoms with van der Waals surface area (Å²) < 4.78 is 5.37. The first-order valence-corrected chi connectivity index (χ1v) is 8.22. The van der Waals surface area contributed by atoms with Gasteiger partial charge in [-0.1, -0.05) is 54.6 Å². The number of carbonyl (C=O) groups excluding carboxylic acids is 1. The number of hydrogen-bond donors (Lipinski definition) is 0. The van der Waals surface area contributed by atoms with Crippen molar-refractivity contribution in [2.45, 2.75) is 6.61 Å². The van der Waals surface area contributed by atoms with E-state index in [0.29, 0.717) is 5.56 Å². The zero-order valence-electron chi connectivity index (χ0n) is 14.4. The molecule has 0 unspecified atom stereocenters. The van der Waals surface area contributed by atoms with Crippen molar-refractivity contribution in [2.24, 2.45) is 0 Å². The number of amides is 1. The monoisotopic (exact) mass is 342 g/mol. The predicted molar refractivity (Wildman–Crippen MR) is 102 cm³/mol. The number of nitrogens with zero attached hydrogens (tertiary/aromatic N) is 2. The molecule has 0 aliphatic carbocycles. The van der Waals surface area contributed by atoms with Gasteiger partial charge in [0.05, 0.1) is 11.6 Å². The third-order valence-corrected chi connectivity index (χ3v) is 4.06. The van der Waals surface area contributed by atoms with Crippen LogP contribution in [0, 0.1) is 11.3 Å². The molecule has 0 atom stereocenters. The van der Waals surface area contributed by atoms with Crippen LogP contribution in [0.4, 0.5) is 10.5 Å². The minimum absolute atomic E-state index is 0.235. The lowest BCUT2D eigenvalue weighted by Crippen LogP contribution is -2.26. The summed E-state index contributed by atoms with van der Waals surface area (Å²) >= 11 is 0. The fourth-order valence-electron chi connectivity index (χ4n) is 2.55. The van der Waals surface area contributed by atoms with Crippen molar-refractivity contribution in [1.29, 1.82) is 5.26 Å². The molecule has 0 heterocycles. The van der Waals surface area contributed by atoms with E-state index in [0.717, 1.165) is 22.4 Å². The Morgan fingerprint density at radius 2 is 1.69 bits per heavy atom. The van der Waals surface area contributed by atoms with Crippen LogP contribution in [0.3, 0.4) is 0 Å². The van der Waals surface area contributed by atoms with Crippen LogP contribution < -0.4 is 4.90 Å². The lowest BCUT2D eigenvalue weighted by atomic mass is 10.0. The molecule has 0 aromatic heterocycles. The van der Waals surface area contributed by atoms with Crippen LogP contribution in [-0.2, 0) is 11.3 Å². The standard InChI is InChI=1S/C22H18N2O2/c1-24(22(25)26-16-18-6-3-2-4-7-18)21-9-5-8-20(14-21)19-12-10-17(15-23)11-13-19/h2-14H,16H2,1H3. The van der Waals surface area contributed by atoms with Crippen molar-refractivity contribution in [3.63, 3.8) is 0 Å². The topological polar surface area (TPSA) is 53.3 Å². The highest BCUT2D eigenvalue weighted by molar-refractivity contribution is 5.88. The van der Waals surface area contributed by atoms with E-state index in [1.54, 1.807) is 19.2 Å². The van der Waals surface area contributed by atoms with Crippen LogP contribution in [0.1, 0.15) is 11.1 Å². The van der Waals surface area contributed by atoms with Gasteiger partial charge >= 0.3 is 6.09 Å². The summed E-state index contributed by atoms with van der Waals surface area (Å²) in [5.74, 6) is 0.